The predicted octanol–water partition coefficient (Wildman–Crippen LogP) is 8.00. The lowest BCUT2D eigenvalue weighted by molar-refractivity contribution is -0.145. The summed E-state index contributed by atoms with van der Waals surface area (Å²) in [6.07, 6.45) is 23.2. The molecule has 1 heterocycles. The van der Waals surface area contributed by atoms with E-state index >= 15 is 0 Å². The fraction of sp³-hybridized carbons (Fsp3) is 0.640. The molecule has 0 atom stereocenters. The zero-order valence-electron chi connectivity index (χ0n) is 17.9. The Balaban J connectivity index is 1.84. The smallest absolute Gasteiger partial charge is 0.306 e. The molecule has 1 aromatic rings. The van der Waals surface area contributed by atoms with Crippen molar-refractivity contribution < 1.29 is 13.9 Å². The van der Waals surface area contributed by atoms with E-state index in [-0.39, 0.29) is 12.6 Å². The molecule has 0 fully saturated rings. The zero-order chi connectivity index (χ0) is 20.3. The first-order valence-corrected chi connectivity index (χ1v) is 11.3. The third-order valence-electron chi connectivity index (χ3n) is 4.90. The van der Waals surface area contributed by atoms with Crippen LogP contribution in [0.4, 0.5) is 0 Å². The van der Waals surface area contributed by atoms with Crippen molar-refractivity contribution in [2.45, 2.75) is 103 Å². The molecule has 1 aromatic heterocycles. The van der Waals surface area contributed by atoms with Gasteiger partial charge in [0, 0.05) is 6.42 Å². The lowest BCUT2D eigenvalue weighted by Gasteiger charge is -2.03. The molecule has 158 valence electrons. The largest absolute Gasteiger partial charge is 0.458 e. The lowest BCUT2D eigenvalue weighted by atomic mass is 10.1. The first kappa shape index (κ1) is 24.3. The Morgan fingerprint density at radius 2 is 1.54 bits per heavy atom. The standard InChI is InChI=1S/C25H40O3/c1-3-5-6-7-8-9-10-11-12-13-14-15-16-17-18-19-25(26)27-22-24-21-20-23(4-2)28-24/h4,11-12,20-21H,2-3,5-10,13-19,22H2,1H3/b12-11-. The van der Waals surface area contributed by atoms with E-state index in [1.54, 1.807) is 6.08 Å². The van der Waals surface area contributed by atoms with Crippen molar-refractivity contribution in [2.75, 3.05) is 0 Å². The average molecular weight is 389 g/mol. The minimum absolute atomic E-state index is 0.144. The molecule has 0 amide bonds. The molecule has 0 bridgehead atoms. The molecule has 1 rings (SSSR count). The highest BCUT2D eigenvalue weighted by atomic mass is 16.5. The Labute approximate surface area is 172 Å². The SMILES string of the molecule is C=Cc1ccc(COC(=O)CCCCCCC/C=C\CCCCCCCC)o1. The molecular weight excluding hydrogens is 348 g/mol. The lowest BCUT2D eigenvalue weighted by Crippen LogP contribution is -2.03. The molecule has 0 unspecified atom stereocenters. The Hall–Kier alpha value is -1.77. The van der Waals surface area contributed by atoms with Gasteiger partial charge in [-0.3, -0.25) is 4.79 Å². The molecular formula is C25H40O3. The predicted molar refractivity (Wildman–Crippen MR) is 118 cm³/mol. The molecule has 3 nitrogen and oxygen atoms in total. The highest BCUT2D eigenvalue weighted by Gasteiger charge is 2.05. The summed E-state index contributed by atoms with van der Waals surface area (Å²) in [4.78, 5) is 11.7. The van der Waals surface area contributed by atoms with Crippen LogP contribution in [0.15, 0.2) is 35.3 Å². The second kappa shape index (κ2) is 17.3. The van der Waals surface area contributed by atoms with Crippen molar-refractivity contribution in [1.82, 2.24) is 0 Å². The minimum atomic E-state index is -0.144. The number of rotatable bonds is 18. The van der Waals surface area contributed by atoms with Gasteiger partial charge in [0.15, 0.2) is 0 Å². The number of hydrogen-bond acceptors (Lipinski definition) is 3. The fourth-order valence-electron chi connectivity index (χ4n) is 3.15. The number of furan rings is 1. The van der Waals surface area contributed by atoms with Gasteiger partial charge in [0.25, 0.3) is 0 Å². The summed E-state index contributed by atoms with van der Waals surface area (Å²) in [7, 11) is 0. The summed E-state index contributed by atoms with van der Waals surface area (Å²) in [5.74, 6) is 1.21. The maximum atomic E-state index is 11.7. The molecule has 0 saturated heterocycles. The van der Waals surface area contributed by atoms with Crippen LogP contribution < -0.4 is 0 Å². The second-order valence-corrected chi connectivity index (χ2v) is 7.50. The molecule has 28 heavy (non-hydrogen) atoms. The van der Waals surface area contributed by atoms with Crippen LogP contribution in [0.3, 0.4) is 0 Å². The summed E-state index contributed by atoms with van der Waals surface area (Å²) >= 11 is 0. The second-order valence-electron chi connectivity index (χ2n) is 7.50. The molecule has 0 aliphatic rings. The van der Waals surface area contributed by atoms with Crippen LogP contribution in [0.2, 0.25) is 0 Å². The molecule has 0 aliphatic heterocycles. The first-order valence-electron chi connectivity index (χ1n) is 11.3. The van der Waals surface area contributed by atoms with Crippen molar-refractivity contribution in [2.24, 2.45) is 0 Å². The molecule has 0 N–H and O–H groups in total. The highest BCUT2D eigenvalue weighted by Crippen LogP contribution is 2.12. The van der Waals surface area contributed by atoms with E-state index in [1.807, 2.05) is 12.1 Å². The van der Waals surface area contributed by atoms with Gasteiger partial charge in [-0.2, -0.15) is 0 Å². The van der Waals surface area contributed by atoms with Crippen LogP contribution in [0.25, 0.3) is 6.08 Å². The Bertz CT molecular complexity index is 542. The quantitative estimate of drug-likeness (QED) is 0.145. The van der Waals surface area contributed by atoms with Crippen LogP contribution in [0.5, 0.6) is 0 Å². The Morgan fingerprint density at radius 1 is 0.929 bits per heavy atom. The van der Waals surface area contributed by atoms with E-state index in [1.165, 1.54) is 70.6 Å². The summed E-state index contributed by atoms with van der Waals surface area (Å²) in [6.45, 7) is 6.11. The monoisotopic (exact) mass is 388 g/mol. The van der Waals surface area contributed by atoms with Gasteiger partial charge in [0.2, 0.25) is 0 Å². The number of unbranched alkanes of at least 4 members (excludes halogenated alkanes) is 11. The summed E-state index contributed by atoms with van der Waals surface area (Å²) in [6, 6.07) is 3.63. The van der Waals surface area contributed by atoms with Gasteiger partial charge < -0.3 is 9.15 Å². The Morgan fingerprint density at radius 3 is 2.14 bits per heavy atom. The van der Waals surface area contributed by atoms with E-state index in [0.717, 1.165) is 12.8 Å². The summed E-state index contributed by atoms with van der Waals surface area (Å²) in [5.41, 5.74) is 0. The van der Waals surface area contributed by atoms with E-state index in [2.05, 4.69) is 25.7 Å². The van der Waals surface area contributed by atoms with Crippen molar-refractivity contribution in [1.29, 1.82) is 0 Å². The minimum Gasteiger partial charge on any atom is -0.458 e. The summed E-state index contributed by atoms with van der Waals surface area (Å²) in [5, 5.41) is 0. The fourth-order valence-corrected chi connectivity index (χ4v) is 3.15. The summed E-state index contributed by atoms with van der Waals surface area (Å²) < 4.78 is 10.6. The molecule has 0 aromatic carbocycles. The van der Waals surface area contributed by atoms with Crippen LogP contribution in [-0.2, 0) is 16.1 Å². The maximum Gasteiger partial charge on any atom is 0.306 e. The van der Waals surface area contributed by atoms with Crippen LogP contribution >= 0.6 is 0 Å². The number of carbonyl (C=O) groups is 1. The topological polar surface area (TPSA) is 39.4 Å². The van der Waals surface area contributed by atoms with Crippen molar-refractivity contribution >= 4 is 12.0 Å². The van der Waals surface area contributed by atoms with Gasteiger partial charge in [-0.1, -0.05) is 77.0 Å². The van der Waals surface area contributed by atoms with Crippen LogP contribution in [0, 0.1) is 0 Å². The van der Waals surface area contributed by atoms with Gasteiger partial charge in [0.1, 0.15) is 18.1 Å². The van der Waals surface area contributed by atoms with E-state index in [4.69, 9.17) is 9.15 Å². The van der Waals surface area contributed by atoms with E-state index < -0.39 is 0 Å². The number of ether oxygens (including phenoxy) is 1. The molecule has 0 saturated carbocycles. The van der Waals surface area contributed by atoms with E-state index in [9.17, 15) is 4.79 Å². The third-order valence-corrected chi connectivity index (χ3v) is 4.90. The van der Waals surface area contributed by atoms with Gasteiger partial charge in [0.05, 0.1) is 0 Å². The number of esters is 1. The average Bonchev–Trinajstić information content (AvgIpc) is 3.17. The highest BCUT2D eigenvalue weighted by molar-refractivity contribution is 5.69. The molecule has 3 heteroatoms. The van der Waals surface area contributed by atoms with Gasteiger partial charge in [-0.15, -0.1) is 0 Å². The van der Waals surface area contributed by atoms with Crippen molar-refractivity contribution in [3.8, 4) is 0 Å². The van der Waals surface area contributed by atoms with Crippen molar-refractivity contribution in [3.63, 3.8) is 0 Å². The normalized spacial score (nSPS) is 11.2. The van der Waals surface area contributed by atoms with Crippen molar-refractivity contribution in [3.05, 3.63) is 42.4 Å². The number of carbonyl (C=O) groups excluding carboxylic acids is 1. The van der Waals surface area contributed by atoms with Crippen LogP contribution in [-0.4, -0.2) is 5.97 Å². The first-order chi connectivity index (χ1) is 13.8. The van der Waals surface area contributed by atoms with Crippen LogP contribution in [0.1, 0.15) is 108 Å². The number of hydrogen-bond donors (Lipinski definition) is 0. The Kier molecular flexibility index (Phi) is 15.0. The van der Waals surface area contributed by atoms with E-state index in [0.29, 0.717) is 17.9 Å². The third kappa shape index (κ3) is 13.4. The molecule has 0 aliphatic carbocycles. The maximum absolute atomic E-state index is 11.7. The van der Waals surface area contributed by atoms with Gasteiger partial charge in [-0.05, 0) is 50.3 Å². The molecule has 0 radical (unpaired) electrons. The number of allylic oxidation sites excluding steroid dienone is 2. The van der Waals surface area contributed by atoms with Gasteiger partial charge in [-0.25, -0.2) is 0 Å². The zero-order valence-corrected chi connectivity index (χ0v) is 17.9. The molecule has 0 spiro atoms. The van der Waals surface area contributed by atoms with Gasteiger partial charge >= 0.3 is 5.97 Å².